The topological polar surface area (TPSA) is 84.7 Å². The molecule has 7 nitrogen and oxygen atoms in total. The number of nitrogens with one attached hydrogen (secondary N) is 1. The average Bonchev–Trinajstić information content (AvgIpc) is 3.00. The quantitative estimate of drug-likeness (QED) is 0.776. The van der Waals surface area contributed by atoms with E-state index >= 15 is 0 Å². The number of halogens is 1. The maximum atomic E-state index is 12.1. The monoisotopic (exact) mass is 395 g/mol. The molecule has 0 aliphatic carbocycles. The second kappa shape index (κ2) is 8.49. The summed E-state index contributed by atoms with van der Waals surface area (Å²) in [6.07, 6.45) is 1.63. The zero-order valence-electron chi connectivity index (χ0n) is 13.4. The number of likely N-dealkylation sites (N-methyl/N-ethyl adjacent to an activating group) is 1. The number of pyridine rings is 1. The lowest BCUT2D eigenvalue weighted by Crippen LogP contribution is -2.38. The van der Waals surface area contributed by atoms with Crippen molar-refractivity contribution in [3.63, 3.8) is 0 Å². The summed E-state index contributed by atoms with van der Waals surface area (Å²) in [5.74, 6) is 0.00300. The zero-order valence-corrected chi connectivity index (χ0v) is 15.0. The van der Waals surface area contributed by atoms with E-state index in [0.29, 0.717) is 17.2 Å². The fraction of sp³-hybridized carbons (Fsp3) is 0.312. The fourth-order valence-electron chi connectivity index (χ4n) is 1.98. The Hall–Kier alpha value is -2.35. The van der Waals surface area contributed by atoms with E-state index in [9.17, 15) is 9.59 Å². The van der Waals surface area contributed by atoms with Gasteiger partial charge in [0.15, 0.2) is 10.4 Å². The van der Waals surface area contributed by atoms with Crippen LogP contribution in [0, 0.1) is 0 Å². The molecule has 2 rings (SSSR count). The molecule has 2 heterocycles. The van der Waals surface area contributed by atoms with Crippen LogP contribution in [0.3, 0.4) is 0 Å². The van der Waals surface area contributed by atoms with Gasteiger partial charge in [0.2, 0.25) is 11.8 Å². The van der Waals surface area contributed by atoms with Gasteiger partial charge in [-0.2, -0.15) is 0 Å². The minimum absolute atomic E-state index is 0.0820. The number of aromatic nitrogens is 1. The standard InChI is InChI=1S/C16H18BrN3O4/c1-3-23-15-11(5-4-8-18-15)9-19-14(21)10-20(2)16(22)12-6-7-13(17)24-12/h4-8H,3,9-10H2,1-2H3,(H,19,21). The molecule has 0 aliphatic heterocycles. The summed E-state index contributed by atoms with van der Waals surface area (Å²) >= 11 is 3.14. The molecule has 1 N–H and O–H groups in total. The van der Waals surface area contributed by atoms with E-state index in [1.165, 1.54) is 11.9 Å². The summed E-state index contributed by atoms with van der Waals surface area (Å²) < 4.78 is 11.1. The maximum Gasteiger partial charge on any atom is 0.289 e. The highest BCUT2D eigenvalue weighted by molar-refractivity contribution is 9.10. The molecule has 0 aromatic carbocycles. The molecule has 2 aromatic rings. The first kappa shape index (κ1) is 18.0. The number of hydrogen-bond acceptors (Lipinski definition) is 5. The van der Waals surface area contributed by atoms with Gasteiger partial charge in [0, 0.05) is 25.4 Å². The van der Waals surface area contributed by atoms with Crippen LogP contribution in [0.1, 0.15) is 23.0 Å². The Morgan fingerprint density at radius 2 is 2.17 bits per heavy atom. The fourth-order valence-corrected chi connectivity index (χ4v) is 2.29. The van der Waals surface area contributed by atoms with Crippen LogP contribution < -0.4 is 10.1 Å². The van der Waals surface area contributed by atoms with Crippen molar-refractivity contribution in [2.45, 2.75) is 13.5 Å². The zero-order chi connectivity index (χ0) is 17.5. The van der Waals surface area contributed by atoms with Crippen LogP contribution in [-0.2, 0) is 11.3 Å². The van der Waals surface area contributed by atoms with Gasteiger partial charge < -0.3 is 19.4 Å². The second-order valence-corrected chi connectivity index (χ2v) is 5.72. The molecule has 2 amide bonds. The summed E-state index contributed by atoms with van der Waals surface area (Å²) in [6.45, 7) is 2.55. The van der Waals surface area contributed by atoms with Gasteiger partial charge in [-0.1, -0.05) is 6.07 Å². The van der Waals surface area contributed by atoms with Gasteiger partial charge in [-0.05, 0) is 41.1 Å². The van der Waals surface area contributed by atoms with Crippen molar-refractivity contribution in [3.8, 4) is 5.88 Å². The number of amides is 2. The molecule has 0 saturated heterocycles. The number of furan rings is 1. The SMILES string of the molecule is CCOc1ncccc1CNC(=O)CN(C)C(=O)c1ccc(Br)o1. The predicted molar refractivity (Wildman–Crippen MR) is 90.6 cm³/mol. The van der Waals surface area contributed by atoms with Crippen molar-refractivity contribution >= 4 is 27.7 Å². The lowest BCUT2D eigenvalue weighted by molar-refractivity contribution is -0.121. The Kier molecular flexibility index (Phi) is 6.36. The van der Waals surface area contributed by atoms with Crippen molar-refractivity contribution in [3.05, 3.63) is 46.5 Å². The predicted octanol–water partition coefficient (Wildman–Crippen LogP) is 2.22. The summed E-state index contributed by atoms with van der Waals surface area (Å²) in [5, 5.41) is 2.75. The summed E-state index contributed by atoms with van der Waals surface area (Å²) in [4.78, 5) is 29.5. The van der Waals surface area contributed by atoms with Gasteiger partial charge in [-0.3, -0.25) is 9.59 Å². The van der Waals surface area contributed by atoms with E-state index in [2.05, 4.69) is 26.2 Å². The first-order valence-electron chi connectivity index (χ1n) is 7.35. The first-order chi connectivity index (χ1) is 11.5. The number of carbonyl (C=O) groups is 2. The highest BCUT2D eigenvalue weighted by Crippen LogP contribution is 2.15. The molecule has 24 heavy (non-hydrogen) atoms. The average molecular weight is 396 g/mol. The molecule has 0 unspecified atom stereocenters. The van der Waals surface area contributed by atoms with Gasteiger partial charge in [-0.25, -0.2) is 4.98 Å². The van der Waals surface area contributed by atoms with Crippen molar-refractivity contribution in [1.82, 2.24) is 15.2 Å². The smallest absolute Gasteiger partial charge is 0.289 e. The van der Waals surface area contributed by atoms with E-state index in [1.807, 2.05) is 13.0 Å². The molecule has 0 fully saturated rings. The highest BCUT2D eigenvalue weighted by Gasteiger charge is 2.18. The van der Waals surface area contributed by atoms with Crippen molar-refractivity contribution in [1.29, 1.82) is 0 Å². The Morgan fingerprint density at radius 1 is 1.38 bits per heavy atom. The first-order valence-corrected chi connectivity index (χ1v) is 8.14. The lowest BCUT2D eigenvalue weighted by atomic mass is 10.2. The molecule has 2 aromatic heterocycles. The van der Waals surface area contributed by atoms with Crippen LogP contribution in [0.5, 0.6) is 5.88 Å². The van der Waals surface area contributed by atoms with E-state index in [1.54, 1.807) is 24.4 Å². The Morgan fingerprint density at radius 3 is 2.83 bits per heavy atom. The number of hydrogen-bond donors (Lipinski definition) is 1. The molecule has 0 saturated carbocycles. The van der Waals surface area contributed by atoms with E-state index < -0.39 is 0 Å². The summed E-state index contributed by atoms with van der Waals surface area (Å²) in [6, 6.07) is 6.77. The summed E-state index contributed by atoms with van der Waals surface area (Å²) in [5.41, 5.74) is 0.775. The number of rotatable bonds is 7. The van der Waals surface area contributed by atoms with Crippen LogP contribution in [0.4, 0.5) is 0 Å². The molecule has 0 aliphatic rings. The van der Waals surface area contributed by atoms with Crippen LogP contribution in [-0.4, -0.2) is 41.9 Å². The molecule has 128 valence electrons. The van der Waals surface area contributed by atoms with Crippen LogP contribution in [0.15, 0.2) is 39.5 Å². The molecule has 0 radical (unpaired) electrons. The lowest BCUT2D eigenvalue weighted by Gasteiger charge is -2.16. The third-order valence-corrected chi connectivity index (χ3v) is 3.54. The van der Waals surface area contributed by atoms with Crippen LogP contribution in [0.2, 0.25) is 0 Å². The molecule has 0 atom stereocenters. The van der Waals surface area contributed by atoms with Crippen LogP contribution in [0.25, 0.3) is 0 Å². The Bertz CT molecular complexity index is 717. The molecule has 0 spiro atoms. The number of nitrogens with zero attached hydrogens (tertiary/aromatic N) is 2. The maximum absolute atomic E-state index is 12.1. The van der Waals surface area contributed by atoms with Gasteiger partial charge >= 0.3 is 0 Å². The van der Waals surface area contributed by atoms with Crippen molar-refractivity contribution in [2.24, 2.45) is 0 Å². The number of ether oxygens (including phenoxy) is 1. The normalized spacial score (nSPS) is 10.3. The second-order valence-electron chi connectivity index (χ2n) is 4.94. The largest absolute Gasteiger partial charge is 0.478 e. The Labute approximate surface area is 148 Å². The molecular weight excluding hydrogens is 378 g/mol. The van der Waals surface area contributed by atoms with Gasteiger partial charge in [-0.15, -0.1) is 0 Å². The highest BCUT2D eigenvalue weighted by atomic mass is 79.9. The minimum Gasteiger partial charge on any atom is -0.478 e. The van der Waals surface area contributed by atoms with E-state index in [-0.39, 0.29) is 30.7 Å². The summed E-state index contributed by atoms with van der Waals surface area (Å²) in [7, 11) is 1.54. The van der Waals surface area contributed by atoms with Crippen molar-refractivity contribution < 1.29 is 18.7 Å². The van der Waals surface area contributed by atoms with Crippen LogP contribution >= 0.6 is 15.9 Å². The number of carbonyl (C=O) groups excluding carboxylic acids is 2. The van der Waals surface area contributed by atoms with Gasteiger partial charge in [0.1, 0.15) is 0 Å². The van der Waals surface area contributed by atoms with E-state index in [0.717, 1.165) is 5.56 Å². The van der Waals surface area contributed by atoms with Crippen molar-refractivity contribution in [2.75, 3.05) is 20.2 Å². The van der Waals surface area contributed by atoms with E-state index in [4.69, 9.17) is 9.15 Å². The third-order valence-electron chi connectivity index (χ3n) is 3.12. The third kappa shape index (κ3) is 4.82. The van der Waals surface area contributed by atoms with Gasteiger partial charge in [0.05, 0.1) is 13.2 Å². The Balaban J connectivity index is 1.88. The minimum atomic E-state index is -0.368. The van der Waals surface area contributed by atoms with Gasteiger partial charge in [0.25, 0.3) is 5.91 Å². The molecule has 8 heteroatoms. The molecular formula is C16H18BrN3O4. The molecule has 0 bridgehead atoms.